The van der Waals surface area contributed by atoms with Gasteiger partial charge in [-0.3, -0.25) is 14.6 Å². The van der Waals surface area contributed by atoms with E-state index in [0.717, 1.165) is 16.9 Å². The lowest BCUT2D eigenvalue weighted by atomic mass is 9.95. The number of rotatable bonds is 4. The van der Waals surface area contributed by atoms with Crippen molar-refractivity contribution < 1.29 is 14.3 Å². The SMILES string of the molecule is COc1cccc(-c2cncc(C(=O)C3CCN(C)C3=O)c2)c1. The van der Waals surface area contributed by atoms with Crippen LogP contribution in [0.3, 0.4) is 0 Å². The minimum absolute atomic E-state index is 0.109. The van der Waals surface area contributed by atoms with E-state index in [0.29, 0.717) is 18.5 Å². The van der Waals surface area contributed by atoms with E-state index in [2.05, 4.69) is 4.98 Å². The average Bonchev–Trinajstić information content (AvgIpc) is 2.93. The number of aromatic nitrogens is 1. The number of methoxy groups -OCH3 is 1. The monoisotopic (exact) mass is 310 g/mol. The van der Waals surface area contributed by atoms with Gasteiger partial charge < -0.3 is 9.64 Å². The molecular formula is C18H18N2O3. The molecule has 1 aliphatic heterocycles. The molecule has 1 aliphatic rings. The molecule has 1 aromatic carbocycles. The lowest BCUT2D eigenvalue weighted by Gasteiger charge is -2.10. The first kappa shape index (κ1) is 15.2. The number of ketones is 1. The van der Waals surface area contributed by atoms with Gasteiger partial charge in [-0.1, -0.05) is 12.1 Å². The summed E-state index contributed by atoms with van der Waals surface area (Å²) >= 11 is 0. The minimum atomic E-state index is -0.581. The summed E-state index contributed by atoms with van der Waals surface area (Å²) < 4.78 is 5.22. The van der Waals surface area contributed by atoms with E-state index in [9.17, 15) is 9.59 Å². The number of benzene rings is 1. The fraction of sp³-hybridized carbons (Fsp3) is 0.278. The maximum Gasteiger partial charge on any atom is 0.233 e. The molecule has 0 radical (unpaired) electrons. The number of hydrogen-bond donors (Lipinski definition) is 0. The number of hydrogen-bond acceptors (Lipinski definition) is 4. The Balaban J connectivity index is 1.90. The molecule has 1 unspecified atom stereocenters. The molecule has 2 heterocycles. The van der Waals surface area contributed by atoms with Gasteiger partial charge in [0.25, 0.3) is 0 Å². The third-order valence-corrected chi connectivity index (χ3v) is 4.17. The first-order valence-corrected chi connectivity index (χ1v) is 7.49. The van der Waals surface area contributed by atoms with Gasteiger partial charge in [0.15, 0.2) is 5.78 Å². The molecule has 5 nitrogen and oxygen atoms in total. The van der Waals surface area contributed by atoms with Crippen LogP contribution < -0.4 is 4.74 Å². The molecule has 0 saturated carbocycles. The Morgan fingerprint density at radius 2 is 2.09 bits per heavy atom. The average molecular weight is 310 g/mol. The quantitative estimate of drug-likeness (QED) is 0.643. The van der Waals surface area contributed by atoms with Crippen LogP contribution in [0.5, 0.6) is 5.75 Å². The Morgan fingerprint density at radius 1 is 1.26 bits per heavy atom. The van der Waals surface area contributed by atoms with Crippen molar-refractivity contribution in [3.05, 3.63) is 48.3 Å². The van der Waals surface area contributed by atoms with Crippen LogP contribution in [0.2, 0.25) is 0 Å². The molecule has 23 heavy (non-hydrogen) atoms. The molecule has 0 N–H and O–H groups in total. The van der Waals surface area contributed by atoms with Crippen LogP contribution in [-0.4, -0.2) is 42.3 Å². The van der Waals surface area contributed by atoms with Crippen LogP contribution in [0.4, 0.5) is 0 Å². The predicted molar refractivity (Wildman–Crippen MR) is 86.3 cm³/mol. The van der Waals surface area contributed by atoms with Crippen LogP contribution in [0, 0.1) is 5.92 Å². The smallest absolute Gasteiger partial charge is 0.233 e. The molecule has 1 aromatic heterocycles. The predicted octanol–water partition coefficient (Wildman–Crippen LogP) is 2.42. The van der Waals surface area contributed by atoms with Crippen molar-refractivity contribution >= 4 is 11.7 Å². The highest BCUT2D eigenvalue weighted by atomic mass is 16.5. The van der Waals surface area contributed by atoms with Crippen LogP contribution in [-0.2, 0) is 4.79 Å². The number of carbonyl (C=O) groups is 2. The van der Waals surface area contributed by atoms with E-state index < -0.39 is 5.92 Å². The van der Waals surface area contributed by atoms with Gasteiger partial charge in [-0.15, -0.1) is 0 Å². The van der Waals surface area contributed by atoms with Crippen molar-refractivity contribution in [3.8, 4) is 16.9 Å². The molecular weight excluding hydrogens is 292 g/mol. The maximum atomic E-state index is 12.6. The highest BCUT2D eigenvalue weighted by Crippen LogP contribution is 2.26. The zero-order valence-electron chi connectivity index (χ0n) is 13.2. The van der Waals surface area contributed by atoms with Gasteiger partial charge in [0.2, 0.25) is 5.91 Å². The van der Waals surface area contributed by atoms with Crippen LogP contribution >= 0.6 is 0 Å². The molecule has 0 bridgehead atoms. The van der Waals surface area contributed by atoms with Crippen molar-refractivity contribution in [3.63, 3.8) is 0 Å². The molecule has 0 aliphatic carbocycles. The Labute approximate surface area is 134 Å². The highest BCUT2D eigenvalue weighted by molar-refractivity contribution is 6.11. The molecule has 118 valence electrons. The summed E-state index contributed by atoms with van der Waals surface area (Å²) in [6.07, 6.45) is 3.79. The summed E-state index contributed by atoms with van der Waals surface area (Å²) in [6, 6.07) is 9.36. The largest absolute Gasteiger partial charge is 0.497 e. The van der Waals surface area contributed by atoms with Gasteiger partial charge in [-0.25, -0.2) is 0 Å². The number of likely N-dealkylation sites (tertiary alicyclic amines) is 1. The first-order chi connectivity index (χ1) is 11.1. The Morgan fingerprint density at radius 3 is 2.78 bits per heavy atom. The Kier molecular flexibility index (Phi) is 4.10. The Bertz CT molecular complexity index is 757. The van der Waals surface area contributed by atoms with E-state index in [1.165, 1.54) is 6.20 Å². The summed E-state index contributed by atoms with van der Waals surface area (Å²) in [5, 5.41) is 0. The fourth-order valence-electron chi connectivity index (χ4n) is 2.80. The molecule has 0 spiro atoms. The third kappa shape index (κ3) is 2.95. The summed E-state index contributed by atoms with van der Waals surface area (Å²) in [6.45, 7) is 0.623. The van der Waals surface area contributed by atoms with E-state index in [-0.39, 0.29) is 11.7 Å². The van der Waals surface area contributed by atoms with Gasteiger partial charge in [-0.05, 0) is 30.2 Å². The van der Waals surface area contributed by atoms with Gasteiger partial charge >= 0.3 is 0 Å². The third-order valence-electron chi connectivity index (χ3n) is 4.17. The number of carbonyl (C=O) groups excluding carboxylic acids is 2. The second-order valence-electron chi connectivity index (χ2n) is 5.66. The highest BCUT2D eigenvalue weighted by Gasteiger charge is 2.35. The summed E-state index contributed by atoms with van der Waals surface area (Å²) in [4.78, 5) is 30.4. The van der Waals surface area contributed by atoms with Crippen molar-refractivity contribution in [1.29, 1.82) is 0 Å². The van der Waals surface area contributed by atoms with Gasteiger partial charge in [0, 0.05) is 37.1 Å². The van der Waals surface area contributed by atoms with E-state index in [1.54, 1.807) is 31.3 Å². The van der Waals surface area contributed by atoms with Crippen molar-refractivity contribution in [2.75, 3.05) is 20.7 Å². The second kappa shape index (κ2) is 6.20. The second-order valence-corrected chi connectivity index (χ2v) is 5.66. The van der Waals surface area contributed by atoms with Crippen LogP contribution in [0.15, 0.2) is 42.7 Å². The van der Waals surface area contributed by atoms with Gasteiger partial charge in [0.1, 0.15) is 11.7 Å². The molecule has 3 rings (SSSR count). The Hall–Kier alpha value is -2.69. The first-order valence-electron chi connectivity index (χ1n) is 7.49. The molecule has 1 saturated heterocycles. The fourth-order valence-corrected chi connectivity index (χ4v) is 2.80. The van der Waals surface area contributed by atoms with Crippen molar-refractivity contribution in [2.45, 2.75) is 6.42 Å². The zero-order chi connectivity index (χ0) is 16.4. The van der Waals surface area contributed by atoms with E-state index in [4.69, 9.17) is 4.74 Å². The number of amides is 1. The molecule has 2 aromatic rings. The molecule has 1 amide bonds. The normalized spacial score (nSPS) is 17.4. The van der Waals surface area contributed by atoms with Gasteiger partial charge in [0.05, 0.1) is 7.11 Å². The summed E-state index contributed by atoms with van der Waals surface area (Å²) in [7, 11) is 3.33. The maximum absolute atomic E-state index is 12.6. The molecule has 1 fully saturated rings. The summed E-state index contributed by atoms with van der Waals surface area (Å²) in [5.74, 6) is -0.104. The topological polar surface area (TPSA) is 59.5 Å². The van der Waals surface area contributed by atoms with Crippen LogP contribution in [0.1, 0.15) is 16.8 Å². The lowest BCUT2D eigenvalue weighted by molar-refractivity contribution is -0.128. The number of Topliss-reactive ketones (excluding diaryl/α,β-unsaturated/α-hetero) is 1. The number of nitrogens with zero attached hydrogens (tertiary/aromatic N) is 2. The number of pyridine rings is 1. The van der Waals surface area contributed by atoms with Gasteiger partial charge in [-0.2, -0.15) is 0 Å². The lowest BCUT2D eigenvalue weighted by Crippen LogP contribution is -2.27. The number of ether oxygens (including phenoxy) is 1. The van der Waals surface area contributed by atoms with E-state index in [1.807, 2.05) is 24.3 Å². The zero-order valence-corrected chi connectivity index (χ0v) is 13.2. The van der Waals surface area contributed by atoms with Crippen molar-refractivity contribution in [2.24, 2.45) is 5.92 Å². The minimum Gasteiger partial charge on any atom is -0.497 e. The molecule has 1 atom stereocenters. The van der Waals surface area contributed by atoms with Crippen LogP contribution in [0.25, 0.3) is 11.1 Å². The summed E-state index contributed by atoms with van der Waals surface area (Å²) in [5.41, 5.74) is 2.22. The van der Waals surface area contributed by atoms with Crippen molar-refractivity contribution in [1.82, 2.24) is 9.88 Å². The standard InChI is InChI=1S/C18H18N2O3/c1-20-7-6-16(18(20)22)17(21)14-8-13(10-19-11-14)12-4-3-5-15(9-12)23-2/h3-5,8-11,16H,6-7H2,1-2H3. The van der Waals surface area contributed by atoms with E-state index >= 15 is 0 Å². The molecule has 5 heteroatoms.